The lowest BCUT2D eigenvalue weighted by molar-refractivity contribution is 0.0800. The maximum absolute atomic E-state index is 9.32. The van der Waals surface area contributed by atoms with E-state index in [0.29, 0.717) is 13.0 Å². The van der Waals surface area contributed by atoms with Gasteiger partial charge >= 0.3 is 0 Å². The van der Waals surface area contributed by atoms with Gasteiger partial charge in [0.15, 0.2) is 0 Å². The molecular formula is C8H19N3O2. The minimum absolute atomic E-state index is 0.241. The third-order valence-electron chi connectivity index (χ3n) is 1.47. The maximum Gasteiger partial charge on any atom is 0.139 e. The Hall–Kier alpha value is -0.810. The zero-order valence-corrected chi connectivity index (χ0v) is 8.25. The summed E-state index contributed by atoms with van der Waals surface area (Å²) < 4.78 is 0. The van der Waals surface area contributed by atoms with Crippen molar-refractivity contribution < 1.29 is 10.3 Å². The molecule has 0 aliphatic carbocycles. The molecule has 78 valence electrons. The van der Waals surface area contributed by atoms with Crippen molar-refractivity contribution in [3.8, 4) is 0 Å². The highest BCUT2D eigenvalue weighted by Gasteiger charge is 2.10. The van der Waals surface area contributed by atoms with E-state index in [0.717, 1.165) is 13.0 Å². The van der Waals surface area contributed by atoms with Crippen molar-refractivity contribution in [1.82, 2.24) is 5.32 Å². The first-order valence-electron chi connectivity index (χ1n) is 4.35. The van der Waals surface area contributed by atoms with Gasteiger partial charge in [0, 0.05) is 13.0 Å². The summed E-state index contributed by atoms with van der Waals surface area (Å²) in [6.07, 6.45) is 1.36. The van der Waals surface area contributed by atoms with Crippen LogP contribution in [0.3, 0.4) is 0 Å². The van der Waals surface area contributed by atoms with Crippen molar-refractivity contribution in [2.75, 3.05) is 13.1 Å². The van der Waals surface area contributed by atoms with Crippen LogP contribution in [-0.2, 0) is 0 Å². The fourth-order valence-electron chi connectivity index (χ4n) is 0.839. The Kier molecular flexibility index (Phi) is 5.41. The van der Waals surface area contributed by atoms with Gasteiger partial charge in [-0.1, -0.05) is 5.16 Å². The van der Waals surface area contributed by atoms with E-state index in [1.54, 1.807) is 13.8 Å². The molecule has 5 heteroatoms. The number of nitrogens with two attached hydrogens (primary N) is 1. The second-order valence-electron chi connectivity index (χ2n) is 3.68. The summed E-state index contributed by atoms with van der Waals surface area (Å²) >= 11 is 0. The Labute approximate surface area is 78.6 Å². The molecule has 13 heavy (non-hydrogen) atoms. The minimum Gasteiger partial charge on any atom is -0.409 e. The quantitative estimate of drug-likeness (QED) is 0.154. The van der Waals surface area contributed by atoms with Crippen molar-refractivity contribution in [2.45, 2.75) is 32.3 Å². The maximum atomic E-state index is 9.32. The summed E-state index contributed by atoms with van der Waals surface area (Å²) in [5.74, 6) is 0.241. The van der Waals surface area contributed by atoms with Crippen LogP contribution in [0.15, 0.2) is 5.16 Å². The van der Waals surface area contributed by atoms with Crippen LogP contribution in [0.2, 0.25) is 0 Å². The number of nitrogens with zero attached hydrogens (tertiary/aromatic N) is 1. The molecule has 0 aliphatic rings. The molecule has 0 amide bonds. The Morgan fingerprint density at radius 2 is 2.15 bits per heavy atom. The van der Waals surface area contributed by atoms with E-state index in [1.165, 1.54) is 0 Å². The van der Waals surface area contributed by atoms with Gasteiger partial charge in [0.2, 0.25) is 0 Å². The fourth-order valence-corrected chi connectivity index (χ4v) is 0.839. The second kappa shape index (κ2) is 5.77. The molecule has 5 nitrogen and oxygen atoms in total. The number of hydrogen-bond acceptors (Lipinski definition) is 4. The van der Waals surface area contributed by atoms with Gasteiger partial charge in [0.25, 0.3) is 0 Å². The number of nitrogens with one attached hydrogen (secondary N) is 1. The molecular weight excluding hydrogens is 170 g/mol. The number of hydrogen-bond donors (Lipinski definition) is 4. The summed E-state index contributed by atoms with van der Waals surface area (Å²) in [5, 5.41) is 23.5. The van der Waals surface area contributed by atoms with Crippen molar-refractivity contribution in [3.05, 3.63) is 0 Å². The number of aliphatic hydroxyl groups is 1. The topological polar surface area (TPSA) is 90.9 Å². The molecule has 0 aromatic carbocycles. The molecule has 0 aromatic heterocycles. The van der Waals surface area contributed by atoms with Crippen molar-refractivity contribution in [3.63, 3.8) is 0 Å². The van der Waals surface area contributed by atoms with Gasteiger partial charge in [-0.05, 0) is 26.8 Å². The van der Waals surface area contributed by atoms with Gasteiger partial charge in [0.05, 0.1) is 5.60 Å². The number of oxime groups is 1. The molecule has 0 unspecified atom stereocenters. The van der Waals surface area contributed by atoms with Gasteiger partial charge in [-0.25, -0.2) is 0 Å². The van der Waals surface area contributed by atoms with E-state index < -0.39 is 5.60 Å². The van der Waals surface area contributed by atoms with E-state index in [2.05, 4.69) is 10.5 Å². The first kappa shape index (κ1) is 12.2. The number of rotatable bonds is 6. The van der Waals surface area contributed by atoms with E-state index in [-0.39, 0.29) is 5.84 Å². The highest BCUT2D eigenvalue weighted by atomic mass is 16.4. The summed E-state index contributed by atoms with van der Waals surface area (Å²) in [7, 11) is 0. The van der Waals surface area contributed by atoms with Crippen molar-refractivity contribution >= 4 is 5.84 Å². The predicted octanol–water partition coefficient (Wildman–Crippen LogP) is -0.126. The third-order valence-corrected chi connectivity index (χ3v) is 1.47. The Morgan fingerprint density at radius 1 is 1.54 bits per heavy atom. The SMILES string of the molecule is CC(C)(O)CNCCCC(N)=NO. The van der Waals surface area contributed by atoms with Gasteiger partial charge in [-0.15, -0.1) is 0 Å². The lowest BCUT2D eigenvalue weighted by Crippen LogP contribution is -2.35. The van der Waals surface area contributed by atoms with Crippen LogP contribution < -0.4 is 11.1 Å². The first-order valence-corrected chi connectivity index (χ1v) is 4.35. The predicted molar refractivity (Wildman–Crippen MR) is 51.8 cm³/mol. The lowest BCUT2D eigenvalue weighted by Gasteiger charge is -2.17. The average molecular weight is 189 g/mol. The molecule has 0 saturated heterocycles. The van der Waals surface area contributed by atoms with Gasteiger partial charge in [0.1, 0.15) is 5.84 Å². The molecule has 0 spiro atoms. The average Bonchev–Trinajstić information content (AvgIpc) is 2.01. The van der Waals surface area contributed by atoms with E-state index in [1.807, 2.05) is 0 Å². The third kappa shape index (κ3) is 9.10. The number of amidine groups is 1. The van der Waals surface area contributed by atoms with Crippen molar-refractivity contribution in [2.24, 2.45) is 10.9 Å². The van der Waals surface area contributed by atoms with Crippen LogP contribution in [0.1, 0.15) is 26.7 Å². The van der Waals surface area contributed by atoms with Crippen LogP contribution in [0.4, 0.5) is 0 Å². The monoisotopic (exact) mass is 189 g/mol. The second-order valence-corrected chi connectivity index (χ2v) is 3.68. The molecule has 5 N–H and O–H groups in total. The molecule has 0 atom stereocenters. The van der Waals surface area contributed by atoms with Crippen LogP contribution >= 0.6 is 0 Å². The Bertz CT molecular complexity index is 163. The van der Waals surface area contributed by atoms with E-state index >= 15 is 0 Å². The van der Waals surface area contributed by atoms with Gasteiger partial charge < -0.3 is 21.4 Å². The standard InChI is InChI=1S/C8H19N3O2/c1-8(2,12)6-10-5-3-4-7(9)11-13/h10,12-13H,3-6H2,1-2H3,(H2,9,11). The molecule has 0 fully saturated rings. The summed E-state index contributed by atoms with van der Waals surface area (Å²) in [6.45, 7) is 4.77. The largest absolute Gasteiger partial charge is 0.409 e. The molecule has 0 bridgehead atoms. The van der Waals surface area contributed by atoms with Crippen LogP contribution in [0.25, 0.3) is 0 Å². The van der Waals surface area contributed by atoms with E-state index in [4.69, 9.17) is 10.9 Å². The van der Waals surface area contributed by atoms with Gasteiger partial charge in [-0.2, -0.15) is 0 Å². The first-order chi connectivity index (χ1) is 5.95. The van der Waals surface area contributed by atoms with Crippen LogP contribution in [-0.4, -0.2) is 34.8 Å². The summed E-state index contributed by atoms with van der Waals surface area (Å²) in [6, 6.07) is 0. The molecule has 0 heterocycles. The Balaban J connectivity index is 3.28. The fraction of sp³-hybridized carbons (Fsp3) is 0.875. The molecule has 0 aliphatic heterocycles. The molecule has 0 rings (SSSR count). The normalized spacial score (nSPS) is 13.3. The zero-order valence-electron chi connectivity index (χ0n) is 8.25. The summed E-state index contributed by atoms with van der Waals surface area (Å²) in [5.41, 5.74) is 4.58. The van der Waals surface area contributed by atoms with Crippen molar-refractivity contribution in [1.29, 1.82) is 0 Å². The Morgan fingerprint density at radius 3 is 2.62 bits per heavy atom. The van der Waals surface area contributed by atoms with Crippen LogP contribution in [0.5, 0.6) is 0 Å². The molecule has 0 radical (unpaired) electrons. The zero-order chi connectivity index (χ0) is 10.3. The van der Waals surface area contributed by atoms with Gasteiger partial charge in [-0.3, -0.25) is 0 Å². The minimum atomic E-state index is -0.684. The lowest BCUT2D eigenvalue weighted by atomic mass is 10.1. The highest BCUT2D eigenvalue weighted by molar-refractivity contribution is 5.79. The molecule has 0 aromatic rings. The summed E-state index contributed by atoms with van der Waals surface area (Å²) in [4.78, 5) is 0. The highest BCUT2D eigenvalue weighted by Crippen LogP contribution is 1.97. The smallest absolute Gasteiger partial charge is 0.139 e. The van der Waals surface area contributed by atoms with Crippen LogP contribution in [0, 0.1) is 0 Å². The van der Waals surface area contributed by atoms with E-state index in [9.17, 15) is 5.11 Å². The molecule has 0 saturated carbocycles.